The highest BCUT2D eigenvalue weighted by Gasteiger charge is 2.20. The van der Waals surface area contributed by atoms with Gasteiger partial charge in [0.25, 0.3) is 0 Å². The molecular weight excluding hydrogens is 454 g/mol. The monoisotopic (exact) mass is 479 g/mol. The van der Waals surface area contributed by atoms with Crippen molar-refractivity contribution in [2.45, 2.75) is 25.7 Å². The van der Waals surface area contributed by atoms with Gasteiger partial charge in [0, 0.05) is 44.1 Å². The summed E-state index contributed by atoms with van der Waals surface area (Å²) in [6.07, 6.45) is 7.06. The van der Waals surface area contributed by atoms with Crippen molar-refractivity contribution in [3.8, 4) is 10.7 Å². The Labute approximate surface area is 202 Å². The van der Waals surface area contributed by atoms with Crippen molar-refractivity contribution >= 4 is 45.6 Å². The number of benzene rings is 1. The van der Waals surface area contributed by atoms with Crippen LogP contribution in [0.1, 0.15) is 24.8 Å². The maximum atomic E-state index is 12.4. The Morgan fingerprint density at radius 1 is 1.15 bits per heavy atom. The van der Waals surface area contributed by atoms with E-state index >= 15 is 0 Å². The molecule has 1 fully saturated rings. The van der Waals surface area contributed by atoms with E-state index < -0.39 is 0 Å². The summed E-state index contributed by atoms with van der Waals surface area (Å²) in [5.74, 6) is 1.48. The highest BCUT2D eigenvalue weighted by atomic mass is 35.5. The Bertz CT molecular complexity index is 1230. The number of nitrogens with zero attached hydrogens (tertiary/aromatic N) is 3. The van der Waals surface area contributed by atoms with Crippen molar-refractivity contribution in [1.82, 2.24) is 20.3 Å². The molecule has 0 spiro atoms. The third-order valence-corrected chi connectivity index (χ3v) is 7.46. The summed E-state index contributed by atoms with van der Waals surface area (Å²) in [7, 11) is 0. The van der Waals surface area contributed by atoms with Crippen LogP contribution in [0.5, 0.6) is 0 Å². The first-order valence-electron chi connectivity index (χ1n) is 11.3. The molecule has 4 aromatic rings. The van der Waals surface area contributed by atoms with Crippen molar-refractivity contribution < 1.29 is 4.79 Å². The van der Waals surface area contributed by atoms with E-state index in [2.05, 4.69) is 49.4 Å². The lowest BCUT2D eigenvalue weighted by Gasteiger charge is -2.33. The van der Waals surface area contributed by atoms with Crippen LogP contribution in [0, 0.1) is 5.92 Å². The molecule has 8 heteroatoms. The summed E-state index contributed by atoms with van der Waals surface area (Å²) in [5, 5.41) is 3.14. The number of rotatable bonds is 7. The van der Waals surface area contributed by atoms with Crippen LogP contribution in [0.4, 0.5) is 5.69 Å². The first-order chi connectivity index (χ1) is 16.1. The number of piperidine rings is 1. The first-order valence-corrected chi connectivity index (χ1v) is 12.5. The molecule has 0 bridgehead atoms. The number of anilines is 1. The van der Waals surface area contributed by atoms with Crippen LogP contribution in [0.3, 0.4) is 0 Å². The van der Waals surface area contributed by atoms with Crippen LogP contribution in [0.25, 0.3) is 21.7 Å². The Morgan fingerprint density at radius 3 is 2.73 bits per heavy atom. The lowest BCUT2D eigenvalue weighted by molar-refractivity contribution is -0.121. The molecule has 33 heavy (non-hydrogen) atoms. The second kappa shape index (κ2) is 9.93. The maximum absolute atomic E-state index is 12.4. The predicted molar refractivity (Wildman–Crippen MR) is 135 cm³/mol. The molecule has 1 aliphatic rings. The van der Waals surface area contributed by atoms with Crippen LogP contribution >= 0.6 is 22.9 Å². The zero-order chi connectivity index (χ0) is 22.6. The second-order valence-electron chi connectivity index (χ2n) is 8.48. The quantitative estimate of drug-likeness (QED) is 0.377. The van der Waals surface area contributed by atoms with Crippen LogP contribution < -0.4 is 10.2 Å². The van der Waals surface area contributed by atoms with Gasteiger partial charge in [-0.1, -0.05) is 17.7 Å². The second-order valence-corrected chi connectivity index (χ2v) is 10.2. The molecule has 0 radical (unpaired) electrons. The Kier molecular flexibility index (Phi) is 6.60. The third kappa shape index (κ3) is 5.37. The minimum atomic E-state index is 0.116. The Balaban J connectivity index is 1.09. The molecule has 6 nitrogen and oxygen atoms in total. The fourth-order valence-electron chi connectivity index (χ4n) is 4.33. The molecule has 0 aliphatic carbocycles. The van der Waals surface area contributed by atoms with Crippen LogP contribution in [0.15, 0.2) is 54.9 Å². The summed E-state index contributed by atoms with van der Waals surface area (Å²) in [6.45, 7) is 2.80. The Hall–Kier alpha value is -2.90. The number of H-pyrrole nitrogens is 1. The molecule has 3 aromatic heterocycles. The van der Waals surface area contributed by atoms with Gasteiger partial charge >= 0.3 is 0 Å². The van der Waals surface area contributed by atoms with Crippen LogP contribution in [-0.4, -0.2) is 40.5 Å². The van der Waals surface area contributed by atoms with Crippen molar-refractivity contribution in [2.75, 3.05) is 24.5 Å². The number of carbonyl (C=O) groups excluding carboxylic acids is 1. The number of aromatic nitrogens is 3. The van der Waals surface area contributed by atoms with Crippen molar-refractivity contribution in [3.63, 3.8) is 0 Å². The SMILES string of the molecule is O=C(CCc1ccc2nc(-c3ccc(Cl)s3)[nH]c2c1)NCC1CCN(c2ccncc2)CC1. The normalized spacial score (nSPS) is 14.6. The summed E-state index contributed by atoms with van der Waals surface area (Å²) in [6, 6.07) is 14.1. The van der Waals surface area contributed by atoms with Gasteiger partial charge in [-0.3, -0.25) is 9.78 Å². The summed E-state index contributed by atoms with van der Waals surface area (Å²) in [5.41, 5.74) is 4.25. The van der Waals surface area contributed by atoms with Gasteiger partial charge in [0.05, 0.1) is 20.2 Å². The fraction of sp³-hybridized carbons (Fsp3) is 0.320. The van der Waals surface area contributed by atoms with Crippen LogP contribution in [-0.2, 0) is 11.2 Å². The Morgan fingerprint density at radius 2 is 1.97 bits per heavy atom. The van der Waals surface area contributed by atoms with Gasteiger partial charge in [0.2, 0.25) is 5.91 Å². The van der Waals surface area contributed by atoms with E-state index in [1.54, 1.807) is 0 Å². The average Bonchev–Trinajstić information content (AvgIpc) is 3.48. The predicted octanol–water partition coefficient (Wildman–Crippen LogP) is 5.31. The maximum Gasteiger partial charge on any atom is 0.220 e. The zero-order valence-electron chi connectivity index (χ0n) is 18.3. The van der Waals surface area contributed by atoms with E-state index in [0.29, 0.717) is 18.8 Å². The van der Waals surface area contributed by atoms with E-state index in [9.17, 15) is 4.79 Å². The number of pyridine rings is 1. The highest BCUT2D eigenvalue weighted by Crippen LogP contribution is 2.30. The number of halogens is 1. The number of aromatic amines is 1. The fourth-order valence-corrected chi connectivity index (χ4v) is 5.31. The standard InChI is InChI=1S/C25H26ClN5OS/c26-23-5-4-22(33-23)25-29-20-3-1-17(15-21(20)30-25)2-6-24(32)28-16-18-9-13-31(14-10-18)19-7-11-27-12-8-19/h1,3-5,7-8,11-12,15,18H,2,6,9-10,13-14,16H2,(H,28,32)(H,29,30). The molecule has 0 unspecified atom stereocenters. The van der Waals surface area contributed by atoms with E-state index in [1.807, 2.05) is 30.6 Å². The third-order valence-electron chi connectivity index (χ3n) is 6.22. The zero-order valence-corrected chi connectivity index (χ0v) is 19.8. The summed E-state index contributed by atoms with van der Waals surface area (Å²) in [4.78, 5) is 28.0. The minimum Gasteiger partial charge on any atom is -0.371 e. The molecule has 1 aromatic carbocycles. The van der Waals surface area contributed by atoms with E-state index in [0.717, 1.165) is 64.1 Å². The average molecular weight is 480 g/mol. The molecule has 5 rings (SSSR count). The number of thiophene rings is 1. The molecule has 1 amide bonds. The van der Waals surface area contributed by atoms with Gasteiger partial charge in [0.15, 0.2) is 0 Å². The number of imidazole rings is 1. The van der Waals surface area contributed by atoms with Crippen molar-refractivity contribution in [3.05, 3.63) is 64.8 Å². The largest absolute Gasteiger partial charge is 0.371 e. The van der Waals surface area contributed by atoms with Gasteiger partial charge in [-0.2, -0.15) is 0 Å². The van der Waals surface area contributed by atoms with Gasteiger partial charge in [-0.15, -0.1) is 11.3 Å². The molecule has 4 heterocycles. The topological polar surface area (TPSA) is 73.9 Å². The number of aryl methyl sites for hydroxylation is 1. The highest BCUT2D eigenvalue weighted by molar-refractivity contribution is 7.19. The lowest BCUT2D eigenvalue weighted by atomic mass is 9.96. The van der Waals surface area contributed by atoms with E-state index in [1.165, 1.54) is 17.0 Å². The number of nitrogens with one attached hydrogen (secondary N) is 2. The molecule has 0 saturated carbocycles. The van der Waals surface area contributed by atoms with Gasteiger partial charge in [-0.05, 0) is 67.1 Å². The van der Waals surface area contributed by atoms with E-state index in [4.69, 9.17) is 11.6 Å². The molecule has 170 valence electrons. The van der Waals surface area contributed by atoms with Gasteiger partial charge in [-0.25, -0.2) is 4.98 Å². The van der Waals surface area contributed by atoms with Gasteiger partial charge in [0.1, 0.15) is 5.82 Å². The van der Waals surface area contributed by atoms with Crippen molar-refractivity contribution in [1.29, 1.82) is 0 Å². The van der Waals surface area contributed by atoms with Crippen molar-refractivity contribution in [2.24, 2.45) is 5.92 Å². The van der Waals surface area contributed by atoms with E-state index in [-0.39, 0.29) is 5.91 Å². The lowest BCUT2D eigenvalue weighted by Crippen LogP contribution is -2.38. The van der Waals surface area contributed by atoms with Crippen LogP contribution in [0.2, 0.25) is 4.34 Å². The van der Waals surface area contributed by atoms with Gasteiger partial charge < -0.3 is 15.2 Å². The summed E-state index contributed by atoms with van der Waals surface area (Å²) < 4.78 is 0.747. The molecule has 1 saturated heterocycles. The number of carbonyl (C=O) groups is 1. The molecule has 0 atom stereocenters. The number of fused-ring (bicyclic) bond motifs is 1. The number of hydrogen-bond donors (Lipinski definition) is 2. The summed E-state index contributed by atoms with van der Waals surface area (Å²) >= 11 is 7.55. The molecular formula is C25H26ClN5OS. The molecule has 1 aliphatic heterocycles. The first kappa shape index (κ1) is 21.9. The smallest absolute Gasteiger partial charge is 0.220 e. The minimum absolute atomic E-state index is 0.116. The number of hydrogen-bond acceptors (Lipinski definition) is 5. The molecule has 2 N–H and O–H groups in total. The number of amides is 1.